The van der Waals surface area contributed by atoms with E-state index in [2.05, 4.69) is 19.2 Å². The van der Waals surface area contributed by atoms with Gasteiger partial charge in [-0.3, -0.25) is 4.79 Å². The number of esters is 1. The molecule has 0 aromatic carbocycles. The second kappa shape index (κ2) is 17.6. The molecule has 2 fully saturated rings. The minimum absolute atomic E-state index is 0.00261. The maximum absolute atomic E-state index is 13.6. The van der Waals surface area contributed by atoms with Gasteiger partial charge in [0.25, 0.3) is 0 Å². The Kier molecular flexibility index (Phi) is 14.7. The van der Waals surface area contributed by atoms with E-state index in [1.165, 1.54) is 0 Å². The number of piperazine rings is 1. The lowest BCUT2D eigenvalue weighted by Crippen LogP contribution is -2.57. The number of cyclic esters (lactones) is 1. The lowest BCUT2D eigenvalue weighted by atomic mass is 9.88. The Bertz CT molecular complexity index is 1150. The number of hydrogen-bond acceptors (Lipinski definition) is 10. The standard InChI is InChI=1S/C37H62N2O9/c1-10-29(41)26(6)34-30(46-34)21-36(7,44)16-11-12-24(4)33-25(5)13-14-31(37(8,45-9)17-15-27(40)20-32(42)48-33)47-35(43)39-19-18-38-22-28(39)23(2)3/h11-14,16,23,25-31,33-34,38,40-41,44H,10,15,17-22H2,1-9H3/b14-13+,16-11+,24-12+. The van der Waals surface area contributed by atoms with Gasteiger partial charge < -0.3 is 44.5 Å². The summed E-state index contributed by atoms with van der Waals surface area (Å²) in [7, 11) is 1.56. The third-order valence-corrected chi connectivity index (χ3v) is 10.3. The number of epoxide rings is 1. The molecule has 3 rings (SSSR count). The predicted octanol–water partition coefficient (Wildman–Crippen LogP) is 4.29. The van der Waals surface area contributed by atoms with Crippen molar-refractivity contribution in [3.63, 3.8) is 0 Å². The number of carbonyl (C=O) groups is 2. The zero-order chi connectivity index (χ0) is 35.8. The lowest BCUT2D eigenvalue weighted by Gasteiger charge is -2.41. The van der Waals surface area contributed by atoms with E-state index in [1.54, 1.807) is 37.2 Å². The number of aliphatic hydroxyl groups is 3. The third kappa shape index (κ3) is 11.1. The Labute approximate surface area is 287 Å². The molecule has 11 heteroatoms. The highest BCUT2D eigenvalue weighted by molar-refractivity contribution is 5.70. The SMILES string of the molecule is CCC(O)C(C)C1OC1CC(C)(O)/C=C/C=C(\C)C1OC(=O)CC(O)CCC(C)(OC)C(OC(=O)N2CCNCC2C(C)C)/C=C/C1C. The van der Waals surface area contributed by atoms with Crippen LogP contribution in [0.4, 0.5) is 4.79 Å². The molecule has 3 aliphatic heterocycles. The number of amides is 1. The summed E-state index contributed by atoms with van der Waals surface area (Å²) in [6.07, 6.45) is 6.94. The summed E-state index contributed by atoms with van der Waals surface area (Å²) in [6, 6.07) is -0.00261. The van der Waals surface area contributed by atoms with Crippen molar-refractivity contribution in [1.29, 1.82) is 0 Å². The molecule has 0 aromatic rings. The largest absolute Gasteiger partial charge is 0.457 e. The first-order valence-corrected chi connectivity index (χ1v) is 17.7. The van der Waals surface area contributed by atoms with Crippen LogP contribution in [-0.4, -0.2) is 113 Å². The number of aliphatic hydroxyl groups excluding tert-OH is 2. The molecule has 274 valence electrons. The third-order valence-electron chi connectivity index (χ3n) is 10.3. The van der Waals surface area contributed by atoms with Crippen molar-refractivity contribution in [3.05, 3.63) is 36.0 Å². The van der Waals surface area contributed by atoms with Crippen LogP contribution in [0.2, 0.25) is 0 Å². The van der Waals surface area contributed by atoms with Crippen LogP contribution in [0, 0.1) is 17.8 Å². The number of allylic oxidation sites excluding steroid dienone is 2. The molecule has 48 heavy (non-hydrogen) atoms. The molecule has 0 saturated carbocycles. The molecule has 2 saturated heterocycles. The molecule has 11 atom stereocenters. The van der Waals surface area contributed by atoms with Crippen LogP contribution in [0.15, 0.2) is 36.0 Å². The summed E-state index contributed by atoms with van der Waals surface area (Å²) in [6.45, 7) is 17.3. The van der Waals surface area contributed by atoms with Crippen LogP contribution in [0.5, 0.6) is 0 Å². The first-order valence-electron chi connectivity index (χ1n) is 17.7. The minimum atomic E-state index is -1.15. The Balaban J connectivity index is 1.81. The quantitative estimate of drug-likeness (QED) is 0.108. The van der Waals surface area contributed by atoms with E-state index in [4.69, 9.17) is 18.9 Å². The highest BCUT2D eigenvalue weighted by Crippen LogP contribution is 2.37. The Morgan fingerprint density at radius 3 is 2.65 bits per heavy atom. The van der Waals surface area contributed by atoms with Gasteiger partial charge in [-0.2, -0.15) is 0 Å². The number of rotatable bonds is 11. The molecule has 11 unspecified atom stereocenters. The molecule has 11 nitrogen and oxygen atoms in total. The zero-order valence-corrected chi connectivity index (χ0v) is 30.6. The molecule has 0 aliphatic carbocycles. The van der Waals surface area contributed by atoms with Crippen LogP contribution in [0.25, 0.3) is 0 Å². The van der Waals surface area contributed by atoms with Crippen LogP contribution in [0.1, 0.15) is 87.5 Å². The van der Waals surface area contributed by atoms with E-state index in [0.29, 0.717) is 38.9 Å². The first kappa shape index (κ1) is 40.2. The van der Waals surface area contributed by atoms with E-state index in [-0.39, 0.29) is 48.8 Å². The number of carbonyl (C=O) groups excluding carboxylic acids is 2. The minimum Gasteiger partial charge on any atom is -0.457 e. The molecule has 4 N–H and O–H groups in total. The lowest BCUT2D eigenvalue weighted by molar-refractivity contribution is -0.151. The van der Waals surface area contributed by atoms with E-state index in [0.717, 1.165) is 5.57 Å². The van der Waals surface area contributed by atoms with Crippen molar-refractivity contribution < 1.29 is 43.9 Å². The van der Waals surface area contributed by atoms with Gasteiger partial charge in [0.15, 0.2) is 6.10 Å². The number of nitrogens with one attached hydrogen (secondary N) is 1. The van der Waals surface area contributed by atoms with E-state index in [9.17, 15) is 24.9 Å². The second-order valence-electron chi connectivity index (χ2n) is 14.9. The highest BCUT2D eigenvalue weighted by atomic mass is 16.6. The maximum Gasteiger partial charge on any atom is 0.410 e. The van der Waals surface area contributed by atoms with Crippen molar-refractivity contribution in [1.82, 2.24) is 10.2 Å². The number of nitrogens with zero attached hydrogens (tertiary/aromatic N) is 1. The average molecular weight is 679 g/mol. The van der Waals surface area contributed by atoms with Gasteiger partial charge in [0, 0.05) is 51.0 Å². The molecule has 1 amide bonds. The fourth-order valence-electron chi connectivity index (χ4n) is 6.73. The molecule has 3 aliphatic rings. The normalized spacial score (nSPS) is 35.6. The fraction of sp³-hybridized carbons (Fsp3) is 0.784. The van der Waals surface area contributed by atoms with Crippen LogP contribution in [0.3, 0.4) is 0 Å². The number of hydrogen-bond donors (Lipinski definition) is 4. The smallest absolute Gasteiger partial charge is 0.410 e. The van der Waals surface area contributed by atoms with Crippen LogP contribution in [-0.2, 0) is 23.7 Å². The van der Waals surface area contributed by atoms with E-state index in [1.807, 2.05) is 46.8 Å². The van der Waals surface area contributed by atoms with Gasteiger partial charge in [-0.05, 0) is 57.6 Å². The zero-order valence-electron chi connectivity index (χ0n) is 30.6. The van der Waals surface area contributed by atoms with Crippen LogP contribution < -0.4 is 5.32 Å². The van der Waals surface area contributed by atoms with Gasteiger partial charge in [0.2, 0.25) is 0 Å². The molecule has 0 bridgehead atoms. The van der Waals surface area contributed by atoms with Crippen molar-refractivity contribution in [2.24, 2.45) is 17.8 Å². The highest BCUT2D eigenvalue weighted by Gasteiger charge is 2.47. The summed E-state index contributed by atoms with van der Waals surface area (Å²) in [5.74, 6) is -0.605. The Morgan fingerprint density at radius 2 is 2.00 bits per heavy atom. The van der Waals surface area contributed by atoms with Gasteiger partial charge in [0.05, 0.1) is 36.4 Å². The van der Waals surface area contributed by atoms with Crippen LogP contribution >= 0.6 is 0 Å². The molecular weight excluding hydrogens is 616 g/mol. The van der Waals surface area contributed by atoms with Gasteiger partial charge in [-0.15, -0.1) is 0 Å². The van der Waals surface area contributed by atoms with Gasteiger partial charge in [-0.25, -0.2) is 4.79 Å². The van der Waals surface area contributed by atoms with Crippen molar-refractivity contribution in [2.75, 3.05) is 26.7 Å². The molecule has 0 radical (unpaired) electrons. The molecular formula is C37H62N2O9. The Morgan fingerprint density at radius 1 is 1.29 bits per heavy atom. The van der Waals surface area contributed by atoms with Crippen molar-refractivity contribution in [3.8, 4) is 0 Å². The monoisotopic (exact) mass is 678 g/mol. The van der Waals surface area contributed by atoms with Crippen molar-refractivity contribution in [2.45, 2.75) is 141 Å². The first-order chi connectivity index (χ1) is 22.5. The van der Waals surface area contributed by atoms with E-state index >= 15 is 0 Å². The van der Waals surface area contributed by atoms with Gasteiger partial charge in [-0.1, -0.05) is 58.9 Å². The summed E-state index contributed by atoms with van der Waals surface area (Å²) in [5.41, 5.74) is -1.36. The number of ether oxygens (including phenoxy) is 4. The fourth-order valence-corrected chi connectivity index (χ4v) is 6.73. The van der Waals surface area contributed by atoms with Gasteiger partial charge in [0.1, 0.15) is 11.7 Å². The predicted molar refractivity (Wildman–Crippen MR) is 184 cm³/mol. The summed E-state index contributed by atoms with van der Waals surface area (Å²) >= 11 is 0. The topological polar surface area (TPSA) is 150 Å². The van der Waals surface area contributed by atoms with E-state index < -0.39 is 47.7 Å². The molecule has 0 aromatic heterocycles. The maximum atomic E-state index is 13.6. The molecule has 0 spiro atoms. The summed E-state index contributed by atoms with van der Waals surface area (Å²) in [4.78, 5) is 28.3. The summed E-state index contributed by atoms with van der Waals surface area (Å²) < 4.78 is 23.8. The average Bonchev–Trinajstić information content (AvgIpc) is 3.80. The molecule has 3 heterocycles. The van der Waals surface area contributed by atoms with Gasteiger partial charge >= 0.3 is 12.1 Å². The Hall–Kier alpha value is -2.28. The number of methoxy groups -OCH3 is 1. The summed E-state index contributed by atoms with van der Waals surface area (Å²) in [5, 5.41) is 35.3. The van der Waals surface area contributed by atoms with Crippen molar-refractivity contribution >= 4 is 12.1 Å². The second-order valence-corrected chi connectivity index (χ2v) is 14.9.